The molecule has 0 bridgehead atoms. The Bertz CT molecular complexity index is 233. The highest BCUT2D eigenvalue weighted by Crippen LogP contribution is 2.28. The van der Waals surface area contributed by atoms with Crippen LogP contribution in [0.25, 0.3) is 0 Å². The van der Waals surface area contributed by atoms with Crippen LogP contribution in [0.2, 0.25) is 0 Å². The minimum absolute atomic E-state index is 0.0243. The maximum absolute atomic E-state index is 11.5. The Balaban J connectivity index is 2.44. The molecule has 0 radical (unpaired) electrons. The average molecular weight is 202 g/mol. The maximum atomic E-state index is 11.5. The van der Waals surface area contributed by atoms with Gasteiger partial charge in [0.1, 0.15) is 0 Å². The zero-order chi connectivity index (χ0) is 9.84. The van der Waals surface area contributed by atoms with E-state index >= 15 is 0 Å². The number of carbonyl (C=O) groups is 1. The molecule has 1 amide bonds. The Morgan fingerprint density at radius 3 is 2.69 bits per heavy atom. The van der Waals surface area contributed by atoms with Crippen molar-refractivity contribution >= 4 is 17.5 Å². The van der Waals surface area contributed by atoms with Crippen molar-refractivity contribution in [3.8, 4) is 0 Å². The average Bonchev–Trinajstić information content (AvgIpc) is 2.47. The van der Waals surface area contributed by atoms with Gasteiger partial charge in [-0.3, -0.25) is 4.79 Å². The van der Waals surface area contributed by atoms with Gasteiger partial charge in [-0.05, 0) is 25.2 Å². The molecule has 0 atom stereocenters. The predicted octanol–water partition coefficient (Wildman–Crippen LogP) is 2.44. The van der Waals surface area contributed by atoms with Crippen molar-refractivity contribution in [2.24, 2.45) is 5.92 Å². The Morgan fingerprint density at radius 1 is 1.54 bits per heavy atom. The summed E-state index contributed by atoms with van der Waals surface area (Å²) in [5, 5.41) is 3.62. The van der Waals surface area contributed by atoms with Crippen LogP contribution in [-0.4, -0.2) is 12.5 Å². The molecule has 0 spiro atoms. The molecule has 0 aliphatic heterocycles. The number of allylic oxidation sites excluding steroid dienone is 1. The summed E-state index contributed by atoms with van der Waals surface area (Å²) >= 11 is 5.91. The van der Waals surface area contributed by atoms with Crippen LogP contribution >= 0.6 is 11.6 Å². The number of rotatable bonds is 3. The van der Waals surface area contributed by atoms with Crippen molar-refractivity contribution in [2.75, 3.05) is 6.54 Å². The molecule has 0 aromatic rings. The lowest BCUT2D eigenvalue weighted by atomic mass is 10.2. The van der Waals surface area contributed by atoms with Crippen LogP contribution in [0.15, 0.2) is 10.6 Å². The number of halogens is 1. The molecule has 1 N–H and O–H groups in total. The third kappa shape index (κ3) is 3.03. The minimum Gasteiger partial charge on any atom is -0.352 e. The fourth-order valence-electron chi connectivity index (χ4n) is 1.35. The lowest BCUT2D eigenvalue weighted by Gasteiger charge is -2.08. The summed E-state index contributed by atoms with van der Waals surface area (Å²) in [5.41, 5.74) is 0.794. The van der Waals surface area contributed by atoms with Gasteiger partial charge >= 0.3 is 0 Å². The van der Waals surface area contributed by atoms with Crippen LogP contribution < -0.4 is 5.32 Å². The molecule has 1 rings (SSSR count). The summed E-state index contributed by atoms with van der Waals surface area (Å²) in [4.78, 5) is 11.5. The van der Waals surface area contributed by atoms with Crippen molar-refractivity contribution in [1.29, 1.82) is 0 Å². The van der Waals surface area contributed by atoms with E-state index in [1.807, 2.05) is 0 Å². The van der Waals surface area contributed by atoms with E-state index in [0.717, 1.165) is 36.4 Å². The Kier molecular flexibility index (Phi) is 3.79. The Morgan fingerprint density at radius 2 is 2.23 bits per heavy atom. The number of hydrogen-bond acceptors (Lipinski definition) is 1. The van der Waals surface area contributed by atoms with Gasteiger partial charge in [-0.25, -0.2) is 0 Å². The summed E-state index contributed by atoms with van der Waals surface area (Å²) in [6.45, 7) is 4.88. The number of hydrogen-bond donors (Lipinski definition) is 1. The lowest BCUT2D eigenvalue weighted by molar-refractivity contribution is -0.117. The third-order valence-corrected chi connectivity index (χ3v) is 2.51. The van der Waals surface area contributed by atoms with Gasteiger partial charge in [0, 0.05) is 17.2 Å². The first-order valence-corrected chi connectivity index (χ1v) is 5.14. The Labute approximate surface area is 84.3 Å². The van der Waals surface area contributed by atoms with Gasteiger partial charge in [0.15, 0.2) is 0 Å². The second kappa shape index (κ2) is 4.66. The molecule has 3 heteroatoms. The van der Waals surface area contributed by atoms with Crippen molar-refractivity contribution < 1.29 is 4.79 Å². The summed E-state index contributed by atoms with van der Waals surface area (Å²) in [6, 6.07) is 0. The van der Waals surface area contributed by atoms with Crippen molar-refractivity contribution in [2.45, 2.75) is 33.1 Å². The first-order valence-electron chi connectivity index (χ1n) is 4.77. The van der Waals surface area contributed by atoms with Crippen molar-refractivity contribution in [3.05, 3.63) is 10.6 Å². The van der Waals surface area contributed by atoms with Gasteiger partial charge in [0.2, 0.25) is 5.91 Å². The zero-order valence-electron chi connectivity index (χ0n) is 8.19. The summed E-state index contributed by atoms with van der Waals surface area (Å²) < 4.78 is 0. The smallest absolute Gasteiger partial charge is 0.248 e. The second-order valence-electron chi connectivity index (χ2n) is 3.84. The van der Waals surface area contributed by atoms with E-state index in [0.29, 0.717) is 5.92 Å². The fourth-order valence-corrected chi connectivity index (χ4v) is 1.66. The number of carbonyl (C=O) groups excluding carboxylic acids is 1. The molecule has 13 heavy (non-hydrogen) atoms. The molecule has 2 nitrogen and oxygen atoms in total. The van der Waals surface area contributed by atoms with Crippen molar-refractivity contribution in [1.82, 2.24) is 5.32 Å². The highest BCUT2D eigenvalue weighted by Gasteiger charge is 2.18. The summed E-state index contributed by atoms with van der Waals surface area (Å²) in [6.07, 6.45) is 2.72. The molecule has 74 valence electrons. The monoisotopic (exact) mass is 201 g/mol. The number of nitrogens with one attached hydrogen (secondary N) is 1. The lowest BCUT2D eigenvalue weighted by Crippen LogP contribution is -2.28. The molecule has 0 aromatic carbocycles. The van der Waals surface area contributed by atoms with Gasteiger partial charge in [-0.2, -0.15) is 0 Å². The largest absolute Gasteiger partial charge is 0.352 e. The fraction of sp³-hybridized carbons (Fsp3) is 0.700. The van der Waals surface area contributed by atoms with Crippen LogP contribution in [0.1, 0.15) is 33.1 Å². The normalized spacial score (nSPS) is 16.9. The van der Waals surface area contributed by atoms with E-state index in [-0.39, 0.29) is 5.91 Å². The van der Waals surface area contributed by atoms with E-state index in [4.69, 9.17) is 11.6 Å². The Hall–Kier alpha value is -0.500. The highest BCUT2D eigenvalue weighted by molar-refractivity contribution is 6.32. The molecular weight excluding hydrogens is 186 g/mol. The molecule has 0 saturated carbocycles. The highest BCUT2D eigenvalue weighted by atomic mass is 35.5. The van der Waals surface area contributed by atoms with Crippen molar-refractivity contribution in [3.63, 3.8) is 0 Å². The van der Waals surface area contributed by atoms with Crippen LogP contribution in [0.5, 0.6) is 0 Å². The summed E-state index contributed by atoms with van der Waals surface area (Å²) in [5.74, 6) is 0.515. The van der Waals surface area contributed by atoms with Gasteiger partial charge in [0.05, 0.1) is 0 Å². The number of amides is 1. The molecule has 0 unspecified atom stereocenters. The van der Waals surface area contributed by atoms with Crippen LogP contribution in [0.3, 0.4) is 0 Å². The maximum Gasteiger partial charge on any atom is 0.248 e. The standard InChI is InChI=1S/C10H16ClNO/c1-7(2)6-12-10(13)8-4-3-5-9(8)11/h7H,3-6H2,1-2H3,(H,12,13). The molecule has 0 fully saturated rings. The van der Waals surface area contributed by atoms with Gasteiger partial charge in [-0.15, -0.1) is 0 Å². The van der Waals surface area contributed by atoms with Gasteiger partial charge in [-0.1, -0.05) is 25.4 Å². The molecular formula is C10H16ClNO. The zero-order valence-corrected chi connectivity index (χ0v) is 8.95. The van der Waals surface area contributed by atoms with Crippen LogP contribution in [0.4, 0.5) is 0 Å². The van der Waals surface area contributed by atoms with E-state index in [9.17, 15) is 4.79 Å². The second-order valence-corrected chi connectivity index (χ2v) is 4.30. The topological polar surface area (TPSA) is 29.1 Å². The molecule has 0 saturated heterocycles. The van der Waals surface area contributed by atoms with Crippen LogP contribution in [0, 0.1) is 5.92 Å². The molecule has 1 aliphatic carbocycles. The first-order chi connectivity index (χ1) is 6.11. The van der Waals surface area contributed by atoms with E-state index in [1.54, 1.807) is 0 Å². The van der Waals surface area contributed by atoms with Gasteiger partial charge in [0.25, 0.3) is 0 Å². The summed E-state index contributed by atoms with van der Waals surface area (Å²) in [7, 11) is 0. The minimum atomic E-state index is 0.0243. The molecule has 1 aliphatic rings. The molecule has 0 aromatic heterocycles. The first kappa shape index (κ1) is 10.6. The molecule has 0 heterocycles. The van der Waals surface area contributed by atoms with Crippen LogP contribution in [-0.2, 0) is 4.79 Å². The quantitative estimate of drug-likeness (QED) is 0.747. The SMILES string of the molecule is CC(C)CNC(=O)C1=C(Cl)CCC1. The van der Waals surface area contributed by atoms with E-state index in [2.05, 4.69) is 19.2 Å². The van der Waals surface area contributed by atoms with E-state index < -0.39 is 0 Å². The predicted molar refractivity (Wildman–Crippen MR) is 54.6 cm³/mol. The third-order valence-electron chi connectivity index (χ3n) is 2.10. The van der Waals surface area contributed by atoms with E-state index in [1.165, 1.54) is 0 Å². The van der Waals surface area contributed by atoms with Gasteiger partial charge < -0.3 is 5.32 Å².